The molecule has 0 saturated heterocycles. The highest BCUT2D eigenvalue weighted by molar-refractivity contribution is 5.74. The average molecular weight is 577 g/mol. The number of allylic oxidation sites excluding steroid dienone is 4. The predicted octanol–water partition coefficient (Wildman–Crippen LogP) is 11.6. The van der Waals surface area contributed by atoms with E-state index < -0.39 is 0 Å². The Hall–Kier alpha value is -1.58. The van der Waals surface area contributed by atoms with Gasteiger partial charge in [-0.3, -0.25) is 9.59 Å². The number of hydrogen-bond acceptors (Lipinski definition) is 4. The quantitative estimate of drug-likeness (QED) is 0.0485. The molecular formula is C37H68O4. The molecule has 240 valence electrons. The van der Waals surface area contributed by atoms with E-state index in [0.717, 1.165) is 44.9 Å². The normalized spacial score (nSPS) is 13.2. The van der Waals surface area contributed by atoms with Gasteiger partial charge in [0.05, 0.1) is 13.0 Å². The number of carbonyl (C=O) groups excluding carboxylic acids is 2. The number of hydrogen-bond donors (Lipinski definition) is 0. The fourth-order valence-electron chi connectivity index (χ4n) is 5.48. The van der Waals surface area contributed by atoms with Gasteiger partial charge in [0, 0.05) is 6.92 Å². The number of esters is 2. The van der Waals surface area contributed by atoms with E-state index in [4.69, 9.17) is 9.47 Å². The monoisotopic (exact) mass is 577 g/mol. The number of carbonyl (C=O) groups is 2. The molecule has 4 heteroatoms. The maximum absolute atomic E-state index is 12.6. The lowest BCUT2D eigenvalue weighted by molar-refractivity contribution is -0.160. The Labute approximate surface area is 255 Å². The van der Waals surface area contributed by atoms with Crippen LogP contribution in [-0.2, 0) is 19.1 Å². The van der Waals surface area contributed by atoms with E-state index in [9.17, 15) is 9.59 Å². The molecule has 4 nitrogen and oxygen atoms in total. The minimum atomic E-state index is -0.375. The first-order valence-electron chi connectivity index (χ1n) is 17.6. The highest BCUT2D eigenvalue weighted by Crippen LogP contribution is 2.24. The zero-order valence-corrected chi connectivity index (χ0v) is 27.8. The molecule has 0 unspecified atom stereocenters. The van der Waals surface area contributed by atoms with Gasteiger partial charge in [0.25, 0.3) is 0 Å². The largest absolute Gasteiger partial charge is 0.469 e. The molecule has 0 fully saturated rings. The Kier molecular flexibility index (Phi) is 30.1. The second-order valence-corrected chi connectivity index (χ2v) is 12.0. The molecule has 0 aromatic heterocycles. The summed E-state index contributed by atoms with van der Waals surface area (Å²) in [7, 11) is 1.44. The van der Waals surface area contributed by atoms with Crippen molar-refractivity contribution in [2.24, 2.45) is 5.92 Å². The van der Waals surface area contributed by atoms with Crippen LogP contribution in [0, 0.1) is 5.92 Å². The van der Waals surface area contributed by atoms with Crippen LogP contribution in [0.3, 0.4) is 0 Å². The lowest BCUT2D eigenvalue weighted by Crippen LogP contribution is -2.33. The second-order valence-electron chi connectivity index (χ2n) is 12.0. The van der Waals surface area contributed by atoms with E-state index in [1.807, 2.05) is 0 Å². The summed E-state index contributed by atoms with van der Waals surface area (Å²) >= 11 is 0. The van der Waals surface area contributed by atoms with Crippen molar-refractivity contribution >= 4 is 11.9 Å². The molecule has 41 heavy (non-hydrogen) atoms. The molecule has 0 aliphatic heterocycles. The molecule has 0 amide bonds. The first-order valence-corrected chi connectivity index (χ1v) is 17.6. The molecule has 0 heterocycles. The van der Waals surface area contributed by atoms with E-state index in [1.54, 1.807) is 0 Å². The van der Waals surface area contributed by atoms with Crippen LogP contribution in [-0.4, -0.2) is 25.2 Å². The van der Waals surface area contributed by atoms with Gasteiger partial charge in [-0.2, -0.15) is 0 Å². The minimum Gasteiger partial charge on any atom is -0.469 e. The Bertz CT molecular complexity index is 639. The standard InChI is InChI=1S/C37H68O4/c1-5-7-9-11-13-15-17-19-21-22-24-26-28-30-32-35(37(39)40-4)36(41-34(3)38)33-31-29-27-25-23-20-18-16-14-12-10-8-6-2/h16,18-19,21,35-36H,5-15,17,20,22-33H2,1-4H3/t35-,36-/m0/s1. The molecular weight excluding hydrogens is 508 g/mol. The molecule has 0 saturated carbocycles. The fourth-order valence-corrected chi connectivity index (χ4v) is 5.48. The van der Waals surface area contributed by atoms with Gasteiger partial charge < -0.3 is 9.47 Å². The van der Waals surface area contributed by atoms with Crippen molar-refractivity contribution in [3.8, 4) is 0 Å². The van der Waals surface area contributed by atoms with Crippen molar-refractivity contribution in [3.63, 3.8) is 0 Å². The SMILES string of the molecule is CCCCCCC=CCCCCCCC[C@H](OC(C)=O)[C@H](CCCCCCC=CCCCCCCCC)C(=O)OC. The summed E-state index contributed by atoms with van der Waals surface area (Å²) < 4.78 is 10.8. The van der Waals surface area contributed by atoms with Gasteiger partial charge >= 0.3 is 11.9 Å². The maximum Gasteiger partial charge on any atom is 0.312 e. The number of ether oxygens (including phenoxy) is 2. The number of methoxy groups -OCH3 is 1. The third-order valence-electron chi connectivity index (χ3n) is 8.05. The first kappa shape index (κ1) is 39.4. The molecule has 0 radical (unpaired) electrons. The molecule has 0 aromatic carbocycles. The van der Waals surface area contributed by atoms with Gasteiger partial charge in [-0.25, -0.2) is 0 Å². The minimum absolute atomic E-state index is 0.240. The van der Waals surface area contributed by atoms with E-state index >= 15 is 0 Å². The van der Waals surface area contributed by atoms with Crippen molar-refractivity contribution in [2.45, 2.75) is 187 Å². The van der Waals surface area contributed by atoms with Crippen LogP contribution in [0.2, 0.25) is 0 Å². The maximum atomic E-state index is 12.6. The predicted molar refractivity (Wildman–Crippen MR) is 176 cm³/mol. The van der Waals surface area contributed by atoms with Gasteiger partial charge in [-0.05, 0) is 70.6 Å². The molecule has 0 rings (SSSR count). The zero-order valence-electron chi connectivity index (χ0n) is 27.8. The third-order valence-corrected chi connectivity index (χ3v) is 8.05. The van der Waals surface area contributed by atoms with Crippen molar-refractivity contribution in [1.29, 1.82) is 0 Å². The van der Waals surface area contributed by atoms with Crippen LogP contribution in [0.25, 0.3) is 0 Å². The van der Waals surface area contributed by atoms with Crippen LogP contribution in [0.15, 0.2) is 24.3 Å². The summed E-state index contributed by atoms with van der Waals surface area (Å²) in [5.41, 5.74) is 0. The van der Waals surface area contributed by atoms with Gasteiger partial charge in [0.15, 0.2) is 0 Å². The van der Waals surface area contributed by atoms with Crippen molar-refractivity contribution in [2.75, 3.05) is 7.11 Å². The van der Waals surface area contributed by atoms with E-state index in [1.165, 1.54) is 130 Å². The lowest BCUT2D eigenvalue weighted by Gasteiger charge is -2.25. The third kappa shape index (κ3) is 27.0. The second kappa shape index (κ2) is 31.4. The van der Waals surface area contributed by atoms with Gasteiger partial charge in [-0.1, -0.05) is 128 Å². The summed E-state index contributed by atoms with van der Waals surface area (Å²) in [5, 5.41) is 0. The molecule has 2 atom stereocenters. The topological polar surface area (TPSA) is 52.6 Å². The Morgan fingerprint density at radius 3 is 1.32 bits per heavy atom. The molecule has 0 N–H and O–H groups in total. The number of rotatable bonds is 30. The molecule has 0 aliphatic rings. The van der Waals surface area contributed by atoms with E-state index in [0.29, 0.717) is 0 Å². The summed E-state index contributed by atoms with van der Waals surface area (Å²) in [6, 6.07) is 0. The van der Waals surface area contributed by atoms with Crippen LogP contribution in [0.5, 0.6) is 0 Å². The van der Waals surface area contributed by atoms with Crippen molar-refractivity contribution in [3.05, 3.63) is 24.3 Å². The summed E-state index contributed by atoms with van der Waals surface area (Å²) in [6.45, 7) is 5.96. The van der Waals surface area contributed by atoms with Gasteiger partial charge in [0.1, 0.15) is 6.10 Å². The molecule has 0 spiro atoms. The van der Waals surface area contributed by atoms with Gasteiger partial charge in [-0.15, -0.1) is 0 Å². The zero-order chi connectivity index (χ0) is 30.2. The molecule has 0 bridgehead atoms. The van der Waals surface area contributed by atoms with Crippen LogP contribution < -0.4 is 0 Å². The first-order chi connectivity index (χ1) is 20.1. The van der Waals surface area contributed by atoms with Crippen LogP contribution >= 0.6 is 0 Å². The molecule has 0 aromatic rings. The summed E-state index contributed by atoms with van der Waals surface area (Å²) in [4.78, 5) is 24.4. The van der Waals surface area contributed by atoms with Crippen LogP contribution in [0.1, 0.15) is 181 Å². The fraction of sp³-hybridized carbons (Fsp3) is 0.838. The highest BCUT2D eigenvalue weighted by atomic mass is 16.6. The smallest absolute Gasteiger partial charge is 0.312 e. The van der Waals surface area contributed by atoms with E-state index in [2.05, 4.69) is 38.2 Å². The highest BCUT2D eigenvalue weighted by Gasteiger charge is 2.30. The Balaban J connectivity index is 4.16. The van der Waals surface area contributed by atoms with Crippen LogP contribution in [0.4, 0.5) is 0 Å². The average Bonchev–Trinajstić information content (AvgIpc) is 2.96. The Morgan fingerprint density at radius 2 is 0.902 bits per heavy atom. The van der Waals surface area contributed by atoms with Gasteiger partial charge in [0.2, 0.25) is 0 Å². The lowest BCUT2D eigenvalue weighted by atomic mass is 9.91. The van der Waals surface area contributed by atoms with Crippen molar-refractivity contribution < 1.29 is 19.1 Å². The summed E-state index contributed by atoms with van der Waals surface area (Å²) in [5.74, 6) is -0.905. The van der Waals surface area contributed by atoms with E-state index in [-0.39, 0.29) is 24.0 Å². The Morgan fingerprint density at radius 1 is 0.537 bits per heavy atom. The number of unbranched alkanes of at least 4 members (excludes halogenated alkanes) is 19. The summed E-state index contributed by atoms with van der Waals surface area (Å²) in [6.07, 6.45) is 38.8. The van der Waals surface area contributed by atoms with Crippen molar-refractivity contribution in [1.82, 2.24) is 0 Å². The molecule has 0 aliphatic carbocycles.